The van der Waals surface area contributed by atoms with E-state index in [0.29, 0.717) is 5.00 Å². The number of halogens is 2. The molecule has 2 N–H and O–H groups in total. The molecule has 0 aliphatic heterocycles. The third kappa shape index (κ3) is 4.01. The minimum absolute atomic E-state index is 0.0501. The van der Waals surface area contributed by atoms with Crippen LogP contribution in [0.25, 0.3) is 0 Å². The number of aromatic nitrogens is 1. The zero-order valence-corrected chi connectivity index (χ0v) is 13.0. The van der Waals surface area contributed by atoms with E-state index in [1.165, 1.54) is 23.8 Å². The van der Waals surface area contributed by atoms with Crippen molar-refractivity contribution in [3.8, 4) is 0 Å². The van der Waals surface area contributed by atoms with Crippen LogP contribution in [-0.4, -0.2) is 30.0 Å². The van der Waals surface area contributed by atoms with Crippen LogP contribution >= 0.6 is 11.3 Å². The Morgan fingerprint density at radius 2 is 2.09 bits per heavy atom. The van der Waals surface area contributed by atoms with E-state index in [0.717, 1.165) is 18.2 Å². The van der Waals surface area contributed by atoms with Gasteiger partial charge in [-0.1, -0.05) is 0 Å². The van der Waals surface area contributed by atoms with E-state index in [2.05, 4.69) is 15.6 Å². The smallest absolute Gasteiger partial charge is 0.360 e. The highest BCUT2D eigenvalue weighted by atomic mass is 32.1. The lowest BCUT2D eigenvalue weighted by Crippen LogP contribution is -2.30. The Labute approximate surface area is 134 Å². The number of benzene rings is 1. The van der Waals surface area contributed by atoms with Gasteiger partial charge in [0.1, 0.15) is 16.6 Å². The second-order valence-electron chi connectivity index (χ2n) is 4.44. The lowest BCUT2D eigenvalue weighted by molar-refractivity contribution is -0.123. The summed E-state index contributed by atoms with van der Waals surface area (Å²) in [7, 11) is 1.62. The van der Waals surface area contributed by atoms with Crippen LogP contribution in [0.15, 0.2) is 23.7 Å². The molecule has 23 heavy (non-hydrogen) atoms. The summed E-state index contributed by atoms with van der Waals surface area (Å²) in [5, 5.41) is 5.44. The molecule has 0 spiro atoms. The fourth-order valence-corrected chi connectivity index (χ4v) is 2.30. The largest absolute Gasteiger partial charge is 0.448 e. The summed E-state index contributed by atoms with van der Waals surface area (Å²) in [6, 6.07) is 2.65. The second kappa shape index (κ2) is 7.14. The molecular formula is C14H13F2N3O3S. The summed E-state index contributed by atoms with van der Waals surface area (Å²) in [6.45, 7) is 1.32. The number of rotatable bonds is 5. The highest BCUT2D eigenvalue weighted by molar-refractivity contribution is 7.14. The number of nitrogens with zero attached hydrogens (tertiary/aromatic N) is 1. The molecular weight excluding hydrogens is 328 g/mol. The Morgan fingerprint density at radius 3 is 2.78 bits per heavy atom. The highest BCUT2D eigenvalue weighted by Gasteiger charge is 2.23. The van der Waals surface area contributed by atoms with Crippen molar-refractivity contribution in [1.82, 2.24) is 4.98 Å². The molecule has 0 bridgehead atoms. The molecule has 6 nitrogen and oxygen atoms in total. The van der Waals surface area contributed by atoms with Gasteiger partial charge in [0.05, 0.1) is 11.2 Å². The van der Waals surface area contributed by atoms with Crippen molar-refractivity contribution >= 4 is 33.9 Å². The highest BCUT2D eigenvalue weighted by Crippen LogP contribution is 2.21. The maximum atomic E-state index is 13.5. The zero-order chi connectivity index (χ0) is 17.0. The van der Waals surface area contributed by atoms with E-state index in [-0.39, 0.29) is 11.4 Å². The standard InChI is InChI=1S/C14H13F2N3O3S/c1-7(22-14(21)11-13(17-2)23-6-18-11)12(20)19-10-5-8(15)3-4-9(10)16/h3-7,17H,1-2H3,(H,19,20)/t7-/m1/s1. The Hall–Kier alpha value is -2.55. The molecule has 0 radical (unpaired) electrons. The Balaban J connectivity index is 2.02. The molecule has 9 heteroatoms. The Morgan fingerprint density at radius 1 is 1.35 bits per heavy atom. The lowest BCUT2D eigenvalue weighted by atomic mass is 10.2. The van der Waals surface area contributed by atoms with Gasteiger partial charge in [0.15, 0.2) is 11.8 Å². The number of carbonyl (C=O) groups is 2. The molecule has 0 fully saturated rings. The molecule has 0 saturated heterocycles. The van der Waals surface area contributed by atoms with Gasteiger partial charge in [0.25, 0.3) is 5.91 Å². The molecule has 1 amide bonds. The lowest BCUT2D eigenvalue weighted by Gasteiger charge is -2.13. The van der Waals surface area contributed by atoms with Crippen LogP contribution in [0, 0.1) is 11.6 Å². The number of esters is 1. The second-order valence-corrected chi connectivity index (χ2v) is 5.30. The molecule has 0 aliphatic carbocycles. The molecule has 0 aliphatic rings. The van der Waals surface area contributed by atoms with E-state index in [1.54, 1.807) is 7.05 Å². The van der Waals surface area contributed by atoms with Crippen LogP contribution in [0.5, 0.6) is 0 Å². The van der Waals surface area contributed by atoms with Crippen molar-refractivity contribution in [2.24, 2.45) is 0 Å². The number of ether oxygens (including phenoxy) is 1. The van der Waals surface area contributed by atoms with Crippen LogP contribution < -0.4 is 10.6 Å². The van der Waals surface area contributed by atoms with Gasteiger partial charge in [-0.3, -0.25) is 4.79 Å². The third-order valence-corrected chi connectivity index (χ3v) is 3.67. The van der Waals surface area contributed by atoms with E-state index in [1.807, 2.05) is 0 Å². The molecule has 2 rings (SSSR count). The van der Waals surface area contributed by atoms with Gasteiger partial charge < -0.3 is 15.4 Å². The van der Waals surface area contributed by atoms with Gasteiger partial charge in [-0.15, -0.1) is 11.3 Å². The number of nitrogens with one attached hydrogen (secondary N) is 2. The monoisotopic (exact) mass is 341 g/mol. The number of carbonyl (C=O) groups excluding carboxylic acids is 2. The number of hydrogen-bond acceptors (Lipinski definition) is 6. The summed E-state index contributed by atoms with van der Waals surface area (Å²) in [4.78, 5) is 27.7. The summed E-state index contributed by atoms with van der Waals surface area (Å²) < 4.78 is 31.5. The van der Waals surface area contributed by atoms with E-state index in [9.17, 15) is 18.4 Å². The molecule has 2 aromatic rings. The van der Waals surface area contributed by atoms with Crippen LogP contribution in [0.4, 0.5) is 19.5 Å². The topological polar surface area (TPSA) is 80.3 Å². The molecule has 1 aromatic heterocycles. The fourth-order valence-electron chi connectivity index (χ4n) is 1.67. The number of anilines is 2. The van der Waals surface area contributed by atoms with Crippen LogP contribution in [0.2, 0.25) is 0 Å². The summed E-state index contributed by atoms with van der Waals surface area (Å²) >= 11 is 1.20. The number of hydrogen-bond donors (Lipinski definition) is 2. The first-order chi connectivity index (χ1) is 10.9. The average Bonchev–Trinajstić information content (AvgIpc) is 2.99. The zero-order valence-electron chi connectivity index (χ0n) is 12.2. The van der Waals surface area contributed by atoms with Crippen molar-refractivity contribution < 1.29 is 23.1 Å². The average molecular weight is 341 g/mol. The summed E-state index contributed by atoms with van der Waals surface area (Å²) in [5.41, 5.74) is 1.17. The quantitative estimate of drug-likeness (QED) is 0.817. The van der Waals surface area contributed by atoms with Crippen molar-refractivity contribution in [1.29, 1.82) is 0 Å². The first-order valence-corrected chi connectivity index (χ1v) is 7.38. The van der Waals surface area contributed by atoms with E-state index in [4.69, 9.17) is 4.74 Å². The maximum absolute atomic E-state index is 13.5. The van der Waals surface area contributed by atoms with Crippen LogP contribution in [0.1, 0.15) is 17.4 Å². The number of amides is 1. The van der Waals surface area contributed by atoms with Gasteiger partial charge >= 0.3 is 5.97 Å². The van der Waals surface area contributed by atoms with Crippen molar-refractivity contribution in [2.75, 3.05) is 17.7 Å². The summed E-state index contributed by atoms with van der Waals surface area (Å²) in [6.07, 6.45) is -1.21. The fraction of sp³-hybridized carbons (Fsp3) is 0.214. The Bertz CT molecular complexity index is 736. The van der Waals surface area contributed by atoms with Crippen molar-refractivity contribution in [2.45, 2.75) is 13.0 Å². The van der Waals surface area contributed by atoms with Gasteiger partial charge in [0, 0.05) is 13.1 Å². The minimum atomic E-state index is -1.21. The summed E-state index contributed by atoms with van der Waals surface area (Å²) in [5.74, 6) is -3.08. The first-order valence-electron chi connectivity index (χ1n) is 6.50. The van der Waals surface area contributed by atoms with Gasteiger partial charge in [-0.2, -0.15) is 0 Å². The Kier molecular flexibility index (Phi) is 5.22. The van der Waals surface area contributed by atoms with Crippen LogP contribution in [-0.2, 0) is 9.53 Å². The maximum Gasteiger partial charge on any atom is 0.360 e. The minimum Gasteiger partial charge on any atom is -0.448 e. The van der Waals surface area contributed by atoms with Crippen molar-refractivity contribution in [3.63, 3.8) is 0 Å². The molecule has 0 unspecified atom stereocenters. The van der Waals surface area contributed by atoms with Gasteiger partial charge in [-0.05, 0) is 19.1 Å². The normalized spacial score (nSPS) is 11.7. The van der Waals surface area contributed by atoms with Crippen molar-refractivity contribution in [3.05, 3.63) is 41.0 Å². The predicted molar refractivity (Wildman–Crippen MR) is 81.5 cm³/mol. The molecule has 122 valence electrons. The molecule has 0 saturated carbocycles. The third-order valence-electron chi connectivity index (χ3n) is 2.83. The first kappa shape index (κ1) is 16.8. The van der Waals surface area contributed by atoms with E-state index < -0.39 is 29.6 Å². The molecule has 1 aromatic carbocycles. The van der Waals surface area contributed by atoms with Crippen LogP contribution in [0.3, 0.4) is 0 Å². The number of thiazole rings is 1. The molecule has 1 atom stereocenters. The molecule has 1 heterocycles. The SMILES string of the molecule is CNc1scnc1C(=O)O[C@H](C)C(=O)Nc1cc(F)ccc1F. The van der Waals surface area contributed by atoms with E-state index >= 15 is 0 Å². The van der Waals surface area contributed by atoms with Gasteiger partial charge in [0.2, 0.25) is 0 Å². The van der Waals surface area contributed by atoms with Gasteiger partial charge in [-0.25, -0.2) is 18.6 Å². The predicted octanol–water partition coefficient (Wildman–Crippen LogP) is 2.65.